The van der Waals surface area contributed by atoms with E-state index in [1.54, 1.807) is 6.07 Å². The second kappa shape index (κ2) is 8.25. The van der Waals surface area contributed by atoms with Gasteiger partial charge in [-0.1, -0.05) is 13.8 Å². The predicted octanol–water partition coefficient (Wildman–Crippen LogP) is 2.34. The van der Waals surface area contributed by atoms with E-state index < -0.39 is 5.82 Å². The highest BCUT2D eigenvalue weighted by Gasteiger charge is 2.23. The molecule has 0 aromatic heterocycles. The molecule has 5 heteroatoms. The SMILES string of the molecule is CCCOc1ccc(F)cc1C(=O)C(C)CN1CCNCC1. The van der Waals surface area contributed by atoms with Gasteiger partial charge in [-0.15, -0.1) is 0 Å². The maximum absolute atomic E-state index is 13.5. The van der Waals surface area contributed by atoms with Crippen LogP contribution in [0.15, 0.2) is 18.2 Å². The predicted molar refractivity (Wildman–Crippen MR) is 85.0 cm³/mol. The number of carbonyl (C=O) groups is 1. The number of ether oxygens (including phenoxy) is 1. The van der Waals surface area contributed by atoms with Crippen molar-refractivity contribution in [2.75, 3.05) is 39.3 Å². The normalized spacial score (nSPS) is 17.2. The van der Waals surface area contributed by atoms with Gasteiger partial charge in [-0.05, 0) is 24.6 Å². The second-order valence-corrected chi connectivity index (χ2v) is 5.80. The van der Waals surface area contributed by atoms with E-state index in [-0.39, 0.29) is 11.7 Å². The zero-order chi connectivity index (χ0) is 15.9. The van der Waals surface area contributed by atoms with Crippen LogP contribution in [0.1, 0.15) is 30.6 Å². The van der Waals surface area contributed by atoms with Crippen LogP contribution in [0.25, 0.3) is 0 Å². The Morgan fingerprint density at radius 1 is 1.41 bits per heavy atom. The van der Waals surface area contributed by atoms with Gasteiger partial charge in [0.15, 0.2) is 5.78 Å². The Kier molecular flexibility index (Phi) is 6.34. The van der Waals surface area contributed by atoms with E-state index in [0.29, 0.717) is 24.5 Å². The third-order valence-corrected chi connectivity index (χ3v) is 3.86. The minimum Gasteiger partial charge on any atom is -0.493 e. The Bertz CT molecular complexity index is 501. The highest BCUT2D eigenvalue weighted by atomic mass is 19.1. The van der Waals surface area contributed by atoms with Crippen molar-refractivity contribution in [3.05, 3.63) is 29.6 Å². The number of hydrogen-bond donors (Lipinski definition) is 1. The number of nitrogens with zero attached hydrogens (tertiary/aromatic N) is 1. The van der Waals surface area contributed by atoms with Crippen LogP contribution in [0, 0.1) is 11.7 Å². The fourth-order valence-electron chi connectivity index (χ4n) is 2.66. The molecule has 1 aromatic carbocycles. The molecule has 0 amide bonds. The first kappa shape index (κ1) is 16.9. The summed E-state index contributed by atoms with van der Waals surface area (Å²) in [5, 5.41) is 3.29. The monoisotopic (exact) mass is 308 g/mol. The summed E-state index contributed by atoms with van der Waals surface area (Å²) in [4.78, 5) is 14.9. The van der Waals surface area contributed by atoms with E-state index in [1.165, 1.54) is 12.1 Å². The first-order valence-electron chi connectivity index (χ1n) is 8.01. The molecule has 1 atom stereocenters. The third kappa shape index (κ3) is 4.52. The van der Waals surface area contributed by atoms with Crippen LogP contribution < -0.4 is 10.1 Å². The molecule has 1 aliphatic heterocycles. The molecule has 0 bridgehead atoms. The van der Waals surface area contributed by atoms with Gasteiger partial charge in [0.25, 0.3) is 0 Å². The number of halogens is 1. The molecule has 0 saturated carbocycles. The van der Waals surface area contributed by atoms with Gasteiger partial charge in [0.1, 0.15) is 11.6 Å². The van der Waals surface area contributed by atoms with Crippen LogP contribution in [0.5, 0.6) is 5.75 Å². The summed E-state index contributed by atoms with van der Waals surface area (Å²) in [7, 11) is 0. The van der Waals surface area contributed by atoms with E-state index in [0.717, 1.165) is 32.6 Å². The smallest absolute Gasteiger partial charge is 0.170 e. The van der Waals surface area contributed by atoms with Crippen LogP contribution in [0.2, 0.25) is 0 Å². The number of nitrogens with one attached hydrogen (secondary N) is 1. The fourth-order valence-corrected chi connectivity index (χ4v) is 2.66. The largest absolute Gasteiger partial charge is 0.493 e. The van der Waals surface area contributed by atoms with Crippen molar-refractivity contribution in [3.63, 3.8) is 0 Å². The van der Waals surface area contributed by atoms with Gasteiger partial charge in [-0.25, -0.2) is 4.39 Å². The Balaban J connectivity index is 2.07. The van der Waals surface area contributed by atoms with Crippen molar-refractivity contribution in [2.45, 2.75) is 20.3 Å². The van der Waals surface area contributed by atoms with Gasteiger partial charge in [-0.3, -0.25) is 4.79 Å². The van der Waals surface area contributed by atoms with Crippen molar-refractivity contribution < 1.29 is 13.9 Å². The Labute approximate surface area is 131 Å². The lowest BCUT2D eigenvalue weighted by Gasteiger charge is -2.29. The molecule has 1 fully saturated rings. The molecule has 122 valence electrons. The molecule has 1 heterocycles. The standard InChI is InChI=1S/C17H25FN2O2/c1-3-10-22-16-5-4-14(18)11-15(16)17(21)13(2)12-20-8-6-19-7-9-20/h4-5,11,13,19H,3,6-10,12H2,1-2H3. The minimum absolute atomic E-state index is 0.0517. The highest BCUT2D eigenvalue weighted by molar-refractivity contribution is 6.00. The maximum atomic E-state index is 13.5. The average molecular weight is 308 g/mol. The molecule has 4 nitrogen and oxygen atoms in total. The van der Waals surface area contributed by atoms with Crippen molar-refractivity contribution >= 4 is 5.78 Å². The van der Waals surface area contributed by atoms with E-state index >= 15 is 0 Å². The lowest BCUT2D eigenvalue weighted by molar-refractivity contribution is 0.0882. The summed E-state index contributed by atoms with van der Waals surface area (Å²) in [5.74, 6) is -0.144. The minimum atomic E-state index is -0.401. The quantitative estimate of drug-likeness (QED) is 0.785. The van der Waals surface area contributed by atoms with E-state index in [4.69, 9.17) is 4.74 Å². The summed E-state index contributed by atoms with van der Waals surface area (Å²) >= 11 is 0. The number of rotatable bonds is 7. The Morgan fingerprint density at radius 2 is 2.14 bits per heavy atom. The lowest BCUT2D eigenvalue weighted by Crippen LogP contribution is -2.45. The molecule has 0 aliphatic carbocycles. The topological polar surface area (TPSA) is 41.6 Å². The van der Waals surface area contributed by atoms with Crippen molar-refractivity contribution in [2.24, 2.45) is 5.92 Å². The molecule has 1 saturated heterocycles. The van der Waals surface area contributed by atoms with Gasteiger partial charge < -0.3 is 15.0 Å². The van der Waals surface area contributed by atoms with E-state index in [2.05, 4.69) is 10.2 Å². The van der Waals surface area contributed by atoms with Gasteiger partial charge in [0.05, 0.1) is 12.2 Å². The van der Waals surface area contributed by atoms with Crippen LogP contribution in [0.3, 0.4) is 0 Å². The number of piperazine rings is 1. The molecule has 1 aliphatic rings. The number of Topliss-reactive ketones (excluding diaryl/α,β-unsaturated/α-hetero) is 1. The number of ketones is 1. The molecular weight excluding hydrogens is 283 g/mol. The molecule has 1 N–H and O–H groups in total. The highest BCUT2D eigenvalue weighted by Crippen LogP contribution is 2.23. The number of hydrogen-bond acceptors (Lipinski definition) is 4. The lowest BCUT2D eigenvalue weighted by atomic mass is 9.97. The van der Waals surface area contributed by atoms with Crippen LogP contribution >= 0.6 is 0 Å². The zero-order valence-electron chi connectivity index (χ0n) is 13.4. The van der Waals surface area contributed by atoms with Gasteiger partial charge in [-0.2, -0.15) is 0 Å². The van der Waals surface area contributed by atoms with E-state index in [9.17, 15) is 9.18 Å². The first-order chi connectivity index (χ1) is 10.6. The zero-order valence-corrected chi connectivity index (χ0v) is 13.4. The van der Waals surface area contributed by atoms with Crippen LogP contribution in [-0.4, -0.2) is 50.0 Å². The Hall–Kier alpha value is -1.46. The second-order valence-electron chi connectivity index (χ2n) is 5.80. The molecule has 0 spiro atoms. The summed E-state index contributed by atoms with van der Waals surface area (Å²) in [6, 6.07) is 4.18. The number of carbonyl (C=O) groups excluding carboxylic acids is 1. The van der Waals surface area contributed by atoms with Gasteiger partial charge in [0.2, 0.25) is 0 Å². The molecule has 0 radical (unpaired) electrons. The summed E-state index contributed by atoms with van der Waals surface area (Å²) in [5.41, 5.74) is 0.357. The average Bonchev–Trinajstić information content (AvgIpc) is 2.54. The van der Waals surface area contributed by atoms with Crippen LogP contribution in [0.4, 0.5) is 4.39 Å². The summed E-state index contributed by atoms with van der Waals surface area (Å²) in [6.07, 6.45) is 0.849. The number of benzene rings is 1. The Morgan fingerprint density at radius 3 is 2.82 bits per heavy atom. The summed E-state index contributed by atoms with van der Waals surface area (Å²) < 4.78 is 19.1. The first-order valence-corrected chi connectivity index (χ1v) is 8.01. The maximum Gasteiger partial charge on any atom is 0.170 e. The van der Waals surface area contributed by atoms with Crippen molar-refractivity contribution in [3.8, 4) is 5.75 Å². The van der Waals surface area contributed by atoms with Crippen LogP contribution in [-0.2, 0) is 0 Å². The third-order valence-electron chi connectivity index (χ3n) is 3.86. The fraction of sp³-hybridized carbons (Fsp3) is 0.588. The molecule has 1 unspecified atom stereocenters. The van der Waals surface area contributed by atoms with Gasteiger partial charge >= 0.3 is 0 Å². The van der Waals surface area contributed by atoms with Crippen molar-refractivity contribution in [1.82, 2.24) is 10.2 Å². The van der Waals surface area contributed by atoms with Gasteiger partial charge in [0, 0.05) is 38.6 Å². The molecule has 22 heavy (non-hydrogen) atoms. The molecular formula is C17H25FN2O2. The summed E-state index contributed by atoms with van der Waals surface area (Å²) in [6.45, 7) is 8.91. The van der Waals surface area contributed by atoms with Crippen molar-refractivity contribution in [1.29, 1.82) is 0 Å². The molecule has 1 aromatic rings. The molecule has 2 rings (SSSR count). The van der Waals surface area contributed by atoms with E-state index in [1.807, 2.05) is 13.8 Å².